The van der Waals surface area contributed by atoms with Crippen LogP contribution < -0.4 is 0 Å². The summed E-state index contributed by atoms with van der Waals surface area (Å²) < 4.78 is 24.8. The third-order valence-corrected chi connectivity index (χ3v) is 6.18. The van der Waals surface area contributed by atoms with Gasteiger partial charge in [-0.2, -0.15) is 0 Å². The van der Waals surface area contributed by atoms with Gasteiger partial charge in [-0.15, -0.1) is 0 Å². The van der Waals surface area contributed by atoms with Crippen molar-refractivity contribution in [2.24, 2.45) is 5.92 Å². The highest BCUT2D eigenvalue weighted by atomic mass is 32.2. The lowest BCUT2D eigenvalue weighted by Crippen LogP contribution is -2.29. The standard InChI is InChI=1S/C15H23N3O4S/c1-17(2)23(21,22)8-4-7-18-10-13(14(11-18)15(19)20)12-5-3-6-16-9-12/h3,5-6,9,13-14H,4,7-8,10-11H2,1-2H3,(H,19,20)/t13-,14+/m1/s1. The second-order valence-corrected chi connectivity index (χ2v) is 8.35. The van der Waals surface area contributed by atoms with Gasteiger partial charge in [0.25, 0.3) is 0 Å². The Morgan fingerprint density at radius 2 is 2.17 bits per heavy atom. The van der Waals surface area contributed by atoms with Crippen LogP contribution in [0.2, 0.25) is 0 Å². The maximum Gasteiger partial charge on any atom is 0.308 e. The molecule has 0 bridgehead atoms. The minimum atomic E-state index is -3.21. The van der Waals surface area contributed by atoms with Gasteiger partial charge in [-0.25, -0.2) is 12.7 Å². The topological polar surface area (TPSA) is 90.8 Å². The van der Waals surface area contributed by atoms with E-state index in [4.69, 9.17) is 0 Å². The summed E-state index contributed by atoms with van der Waals surface area (Å²) in [7, 11) is -0.169. The van der Waals surface area contributed by atoms with E-state index < -0.39 is 21.9 Å². The molecule has 0 saturated carbocycles. The largest absolute Gasteiger partial charge is 0.481 e. The monoisotopic (exact) mass is 341 g/mol. The van der Waals surface area contributed by atoms with E-state index in [0.717, 1.165) is 5.56 Å². The van der Waals surface area contributed by atoms with E-state index in [-0.39, 0.29) is 11.7 Å². The molecule has 1 fully saturated rings. The molecule has 2 heterocycles. The minimum Gasteiger partial charge on any atom is -0.481 e. The van der Waals surface area contributed by atoms with Crippen LogP contribution in [-0.4, -0.2) is 73.2 Å². The highest BCUT2D eigenvalue weighted by Gasteiger charge is 2.38. The van der Waals surface area contributed by atoms with Crippen molar-refractivity contribution in [3.05, 3.63) is 30.1 Å². The summed E-state index contributed by atoms with van der Waals surface area (Å²) in [6, 6.07) is 3.70. The Bertz CT molecular complexity index is 633. The van der Waals surface area contributed by atoms with Crippen LogP contribution in [-0.2, 0) is 14.8 Å². The summed E-state index contributed by atoms with van der Waals surface area (Å²) >= 11 is 0. The lowest BCUT2D eigenvalue weighted by Gasteiger charge is -2.17. The zero-order chi connectivity index (χ0) is 17.0. The maximum absolute atomic E-state index is 11.8. The van der Waals surface area contributed by atoms with Gasteiger partial charge in [0.15, 0.2) is 0 Å². The zero-order valence-corrected chi connectivity index (χ0v) is 14.2. The number of sulfonamides is 1. The van der Waals surface area contributed by atoms with Gasteiger partial charge < -0.3 is 10.0 Å². The van der Waals surface area contributed by atoms with Gasteiger partial charge in [-0.1, -0.05) is 6.07 Å². The summed E-state index contributed by atoms with van der Waals surface area (Å²) in [4.78, 5) is 17.6. The molecule has 0 aliphatic carbocycles. The van der Waals surface area contributed by atoms with Gasteiger partial charge in [0.1, 0.15) is 0 Å². The average Bonchev–Trinajstić information content (AvgIpc) is 2.92. The van der Waals surface area contributed by atoms with Gasteiger partial charge in [-0.05, 0) is 24.6 Å². The van der Waals surface area contributed by atoms with E-state index in [1.54, 1.807) is 18.5 Å². The Kier molecular flexibility index (Phi) is 5.72. The van der Waals surface area contributed by atoms with Crippen molar-refractivity contribution in [1.82, 2.24) is 14.2 Å². The number of carboxylic acid groups (broad SMARTS) is 1. The van der Waals surface area contributed by atoms with Gasteiger partial charge in [0, 0.05) is 45.5 Å². The van der Waals surface area contributed by atoms with E-state index in [2.05, 4.69) is 4.98 Å². The molecule has 0 radical (unpaired) electrons. The average molecular weight is 341 g/mol. The molecule has 1 aliphatic heterocycles. The molecule has 0 aromatic carbocycles. The number of hydrogen-bond donors (Lipinski definition) is 1. The van der Waals surface area contributed by atoms with E-state index in [0.29, 0.717) is 26.1 Å². The van der Waals surface area contributed by atoms with Crippen LogP contribution in [0.4, 0.5) is 0 Å². The van der Waals surface area contributed by atoms with Crippen LogP contribution in [0.15, 0.2) is 24.5 Å². The van der Waals surface area contributed by atoms with Gasteiger partial charge in [0.05, 0.1) is 11.7 Å². The lowest BCUT2D eigenvalue weighted by molar-refractivity contribution is -0.141. The quantitative estimate of drug-likeness (QED) is 0.775. The van der Waals surface area contributed by atoms with Crippen molar-refractivity contribution in [1.29, 1.82) is 0 Å². The second-order valence-electron chi connectivity index (χ2n) is 6.05. The Balaban J connectivity index is 1.97. The van der Waals surface area contributed by atoms with E-state index in [1.165, 1.54) is 18.4 Å². The molecule has 8 heteroatoms. The number of hydrogen-bond acceptors (Lipinski definition) is 5. The van der Waals surface area contributed by atoms with Crippen molar-refractivity contribution in [3.63, 3.8) is 0 Å². The molecule has 1 aliphatic rings. The summed E-state index contributed by atoms with van der Waals surface area (Å²) in [6.07, 6.45) is 3.87. The summed E-state index contributed by atoms with van der Waals surface area (Å²) in [5, 5.41) is 9.44. The molecule has 128 valence electrons. The molecule has 0 unspecified atom stereocenters. The fraction of sp³-hybridized carbons (Fsp3) is 0.600. The number of carbonyl (C=O) groups is 1. The Morgan fingerprint density at radius 1 is 1.43 bits per heavy atom. The highest BCUT2D eigenvalue weighted by Crippen LogP contribution is 2.32. The number of rotatable bonds is 7. The van der Waals surface area contributed by atoms with Crippen molar-refractivity contribution >= 4 is 16.0 Å². The molecule has 0 spiro atoms. The number of aliphatic carboxylic acids is 1. The maximum atomic E-state index is 11.8. The van der Waals surface area contributed by atoms with Crippen molar-refractivity contribution in [2.75, 3.05) is 39.5 Å². The normalized spacial score (nSPS) is 22.6. The first-order valence-electron chi connectivity index (χ1n) is 7.56. The smallest absolute Gasteiger partial charge is 0.308 e. The molecule has 1 N–H and O–H groups in total. The molecule has 1 aromatic heterocycles. The predicted octanol–water partition coefficient (Wildman–Crippen LogP) is 0.463. The Hall–Kier alpha value is -1.51. The van der Waals surface area contributed by atoms with Crippen LogP contribution in [0, 0.1) is 5.92 Å². The molecule has 7 nitrogen and oxygen atoms in total. The number of nitrogens with zero attached hydrogens (tertiary/aromatic N) is 3. The van der Waals surface area contributed by atoms with E-state index >= 15 is 0 Å². The van der Waals surface area contributed by atoms with E-state index in [9.17, 15) is 18.3 Å². The fourth-order valence-electron chi connectivity index (χ4n) is 2.90. The van der Waals surface area contributed by atoms with Crippen molar-refractivity contribution in [2.45, 2.75) is 12.3 Å². The first kappa shape index (κ1) is 17.8. The number of carboxylic acids is 1. The first-order valence-corrected chi connectivity index (χ1v) is 9.17. The lowest BCUT2D eigenvalue weighted by atomic mass is 9.90. The summed E-state index contributed by atoms with van der Waals surface area (Å²) in [5.41, 5.74) is 0.920. The molecular formula is C15H23N3O4S. The highest BCUT2D eigenvalue weighted by molar-refractivity contribution is 7.89. The fourth-order valence-corrected chi connectivity index (χ4v) is 3.76. The summed E-state index contributed by atoms with van der Waals surface area (Å²) in [6.45, 7) is 1.63. The summed E-state index contributed by atoms with van der Waals surface area (Å²) in [5.74, 6) is -1.33. The zero-order valence-electron chi connectivity index (χ0n) is 13.4. The van der Waals surface area contributed by atoms with Crippen molar-refractivity contribution in [3.8, 4) is 0 Å². The van der Waals surface area contributed by atoms with Crippen LogP contribution >= 0.6 is 0 Å². The second kappa shape index (κ2) is 7.37. The minimum absolute atomic E-state index is 0.0752. The number of pyridine rings is 1. The van der Waals surface area contributed by atoms with Crippen molar-refractivity contribution < 1.29 is 18.3 Å². The Morgan fingerprint density at radius 3 is 2.74 bits per heavy atom. The van der Waals surface area contributed by atoms with Gasteiger partial charge >= 0.3 is 5.97 Å². The molecule has 2 rings (SSSR count). The molecule has 1 saturated heterocycles. The molecule has 2 atom stereocenters. The van der Waals surface area contributed by atoms with E-state index in [1.807, 2.05) is 11.0 Å². The third kappa shape index (κ3) is 4.49. The van der Waals surface area contributed by atoms with Crippen LogP contribution in [0.1, 0.15) is 17.9 Å². The molecule has 0 amide bonds. The van der Waals surface area contributed by atoms with Crippen LogP contribution in [0.3, 0.4) is 0 Å². The van der Waals surface area contributed by atoms with Crippen LogP contribution in [0.5, 0.6) is 0 Å². The molecular weight excluding hydrogens is 318 g/mol. The van der Waals surface area contributed by atoms with Gasteiger partial charge in [0.2, 0.25) is 10.0 Å². The number of aromatic nitrogens is 1. The van der Waals surface area contributed by atoms with Crippen LogP contribution in [0.25, 0.3) is 0 Å². The third-order valence-electron chi connectivity index (χ3n) is 4.26. The molecule has 1 aromatic rings. The predicted molar refractivity (Wildman–Crippen MR) is 86.6 cm³/mol. The van der Waals surface area contributed by atoms with Gasteiger partial charge in [-0.3, -0.25) is 9.78 Å². The Labute approximate surface area is 137 Å². The SMILES string of the molecule is CN(C)S(=O)(=O)CCCN1C[C@H](C(=O)O)[C@@H](c2cccnc2)C1. The first-order chi connectivity index (χ1) is 10.8. The molecule has 23 heavy (non-hydrogen) atoms. The number of likely N-dealkylation sites (tertiary alicyclic amines) is 1.